The van der Waals surface area contributed by atoms with Gasteiger partial charge in [0.15, 0.2) is 0 Å². The molecule has 0 saturated heterocycles. The van der Waals surface area contributed by atoms with E-state index in [9.17, 15) is 26.7 Å². The summed E-state index contributed by atoms with van der Waals surface area (Å²) < 4.78 is 58.0. The molecule has 0 saturated carbocycles. The van der Waals surface area contributed by atoms with Crippen LogP contribution < -0.4 is 5.32 Å². The Morgan fingerprint density at radius 1 is 1.00 bits per heavy atom. The summed E-state index contributed by atoms with van der Waals surface area (Å²) in [4.78, 5) is 19.6. The second kappa shape index (κ2) is 8.48. The first-order valence-corrected chi connectivity index (χ1v) is 6.84. The molecular formula is C15H9ClF5NO4. The zero-order chi connectivity index (χ0) is 20.1. The molecule has 1 amide bonds. The summed E-state index contributed by atoms with van der Waals surface area (Å²) >= 11 is 5.67. The second-order valence-electron chi connectivity index (χ2n) is 4.55. The molecule has 3 N–H and O–H groups in total. The summed E-state index contributed by atoms with van der Waals surface area (Å²) in [6.07, 6.45) is -6.40. The number of halogens is 6. The van der Waals surface area contributed by atoms with Gasteiger partial charge in [0.1, 0.15) is 11.6 Å². The van der Waals surface area contributed by atoms with Crippen molar-refractivity contribution < 1.29 is 41.8 Å². The van der Waals surface area contributed by atoms with Gasteiger partial charge in [-0.2, -0.15) is 13.2 Å². The van der Waals surface area contributed by atoms with Crippen LogP contribution in [-0.4, -0.2) is 28.5 Å². The number of benzene rings is 2. The van der Waals surface area contributed by atoms with Gasteiger partial charge in [-0.05, 0) is 35.9 Å². The van der Waals surface area contributed by atoms with E-state index in [1.807, 2.05) is 0 Å². The molecule has 0 unspecified atom stereocenters. The van der Waals surface area contributed by atoms with Gasteiger partial charge in [0.05, 0.1) is 10.7 Å². The van der Waals surface area contributed by atoms with Crippen molar-refractivity contribution in [2.45, 2.75) is 6.18 Å². The maximum absolute atomic E-state index is 13.1. The molecule has 0 aromatic heterocycles. The molecule has 0 radical (unpaired) electrons. The van der Waals surface area contributed by atoms with E-state index >= 15 is 0 Å². The lowest BCUT2D eigenvalue weighted by molar-refractivity contribution is -0.192. The predicted octanol–water partition coefficient (Wildman–Crippen LogP) is 5.01. The molecule has 2 aromatic carbocycles. The number of amides is 1. The molecule has 0 bridgehead atoms. The number of hydrogen-bond acceptors (Lipinski definition) is 2. The molecule has 0 aliphatic carbocycles. The molecule has 0 atom stereocenters. The van der Waals surface area contributed by atoms with Crippen molar-refractivity contribution in [2.24, 2.45) is 0 Å². The monoisotopic (exact) mass is 397 g/mol. The number of carbonyl (C=O) groups is 2. The summed E-state index contributed by atoms with van der Waals surface area (Å²) in [5, 5.41) is 17.8. The van der Waals surface area contributed by atoms with Gasteiger partial charge in [-0.1, -0.05) is 17.7 Å². The molecule has 11 heteroatoms. The lowest BCUT2D eigenvalue weighted by atomic mass is 10.0. The smallest absolute Gasteiger partial charge is 0.475 e. The van der Waals surface area contributed by atoms with E-state index in [1.165, 1.54) is 24.3 Å². The maximum Gasteiger partial charge on any atom is 0.490 e. The quantitative estimate of drug-likeness (QED) is 0.622. The summed E-state index contributed by atoms with van der Waals surface area (Å²) in [5.74, 6) is -3.92. The third-order valence-corrected chi connectivity index (χ3v) is 2.99. The first-order valence-electron chi connectivity index (χ1n) is 6.47. The molecule has 0 fully saturated rings. The molecule has 140 valence electrons. The Morgan fingerprint density at radius 2 is 1.58 bits per heavy atom. The second-order valence-corrected chi connectivity index (χ2v) is 4.96. The number of carboxylic acids is 1. The Bertz CT molecular complexity index is 826. The Balaban J connectivity index is 0.000000412. The fourth-order valence-corrected chi connectivity index (χ4v) is 1.83. The zero-order valence-corrected chi connectivity index (χ0v) is 13.2. The Hall–Kier alpha value is -2.88. The largest absolute Gasteiger partial charge is 0.490 e. The highest BCUT2D eigenvalue weighted by atomic mass is 35.5. The van der Waals surface area contributed by atoms with Crippen LogP contribution in [0.5, 0.6) is 0 Å². The first-order chi connectivity index (χ1) is 11.9. The summed E-state index contributed by atoms with van der Waals surface area (Å²) in [7, 11) is 0. The minimum Gasteiger partial charge on any atom is -0.475 e. The minimum atomic E-state index is -5.08. The molecule has 2 aromatic rings. The van der Waals surface area contributed by atoms with E-state index < -0.39 is 29.9 Å². The van der Waals surface area contributed by atoms with Crippen molar-refractivity contribution >= 4 is 29.4 Å². The number of alkyl halides is 3. The third-order valence-electron chi connectivity index (χ3n) is 2.70. The highest BCUT2D eigenvalue weighted by Gasteiger charge is 2.38. The molecule has 0 aliphatic heterocycles. The molecular weight excluding hydrogens is 389 g/mol. The normalized spacial score (nSPS) is 10.5. The highest BCUT2D eigenvalue weighted by Crippen LogP contribution is 2.31. The maximum atomic E-state index is 13.1. The highest BCUT2D eigenvalue weighted by molar-refractivity contribution is 6.31. The van der Waals surface area contributed by atoms with Crippen LogP contribution in [0.25, 0.3) is 11.1 Å². The van der Waals surface area contributed by atoms with E-state index in [-0.39, 0.29) is 10.7 Å². The van der Waals surface area contributed by atoms with Crippen LogP contribution in [0.1, 0.15) is 0 Å². The summed E-state index contributed by atoms with van der Waals surface area (Å²) in [5.41, 5.74) is 0.955. The van der Waals surface area contributed by atoms with Gasteiger partial charge in [-0.25, -0.2) is 18.4 Å². The Morgan fingerprint density at radius 3 is 2.04 bits per heavy atom. The van der Waals surface area contributed by atoms with E-state index in [0.717, 1.165) is 12.1 Å². The number of nitrogens with one attached hydrogen (secondary N) is 1. The Kier molecular flexibility index (Phi) is 6.90. The SMILES string of the molecule is O=C(O)C(F)(F)F.O=C(O)Nc1cc(F)ccc1-c1ccc(F)c(Cl)c1. The van der Waals surface area contributed by atoms with Gasteiger partial charge in [0, 0.05) is 5.56 Å². The topological polar surface area (TPSA) is 86.6 Å². The lowest BCUT2D eigenvalue weighted by Crippen LogP contribution is -2.21. The number of anilines is 1. The molecule has 26 heavy (non-hydrogen) atoms. The van der Waals surface area contributed by atoms with Gasteiger partial charge in [0.25, 0.3) is 0 Å². The summed E-state index contributed by atoms with van der Waals surface area (Å²) in [6.45, 7) is 0. The lowest BCUT2D eigenvalue weighted by Gasteiger charge is -2.10. The van der Waals surface area contributed by atoms with E-state index in [0.29, 0.717) is 11.1 Å². The Labute approximate surface area is 147 Å². The number of hydrogen-bond donors (Lipinski definition) is 3. The molecule has 0 heterocycles. The van der Waals surface area contributed by atoms with Crippen molar-refractivity contribution in [3.63, 3.8) is 0 Å². The van der Waals surface area contributed by atoms with E-state index in [2.05, 4.69) is 5.32 Å². The van der Waals surface area contributed by atoms with Gasteiger partial charge in [0.2, 0.25) is 0 Å². The molecule has 0 aliphatic rings. The summed E-state index contributed by atoms with van der Waals surface area (Å²) in [6, 6.07) is 7.55. The van der Waals surface area contributed by atoms with Crippen LogP contribution in [0, 0.1) is 11.6 Å². The fraction of sp³-hybridized carbons (Fsp3) is 0.0667. The van der Waals surface area contributed by atoms with Crippen molar-refractivity contribution in [2.75, 3.05) is 5.32 Å². The first kappa shape index (κ1) is 21.2. The van der Waals surface area contributed by atoms with Gasteiger partial charge in [-0.3, -0.25) is 5.32 Å². The van der Waals surface area contributed by atoms with E-state index in [4.69, 9.17) is 26.6 Å². The van der Waals surface area contributed by atoms with E-state index in [1.54, 1.807) is 0 Å². The molecule has 0 spiro atoms. The third kappa shape index (κ3) is 6.20. The van der Waals surface area contributed by atoms with Gasteiger partial charge in [-0.15, -0.1) is 0 Å². The van der Waals surface area contributed by atoms with Crippen LogP contribution >= 0.6 is 11.6 Å². The minimum absolute atomic E-state index is 0.0650. The average Bonchev–Trinajstić information content (AvgIpc) is 2.49. The number of carboxylic acid groups (broad SMARTS) is 2. The standard InChI is InChI=1S/C13H8ClF2NO2.C2HF3O2/c14-10-5-7(1-4-11(10)16)9-3-2-8(15)6-12(9)17-13(18)19;3-2(4,5)1(6)7/h1-6,17H,(H,18,19);(H,6,7). The van der Waals surface area contributed by atoms with Crippen LogP contribution in [0.3, 0.4) is 0 Å². The predicted molar refractivity (Wildman–Crippen MR) is 82.1 cm³/mol. The van der Waals surface area contributed by atoms with Gasteiger partial charge < -0.3 is 10.2 Å². The van der Waals surface area contributed by atoms with Crippen molar-refractivity contribution in [1.82, 2.24) is 0 Å². The fourth-order valence-electron chi connectivity index (χ4n) is 1.65. The van der Waals surface area contributed by atoms with Crippen molar-refractivity contribution in [1.29, 1.82) is 0 Å². The van der Waals surface area contributed by atoms with Crippen LogP contribution in [0.2, 0.25) is 5.02 Å². The van der Waals surface area contributed by atoms with Gasteiger partial charge >= 0.3 is 18.2 Å². The number of aliphatic carboxylic acids is 1. The molecule has 5 nitrogen and oxygen atoms in total. The molecule has 2 rings (SSSR count). The van der Waals surface area contributed by atoms with Crippen LogP contribution in [-0.2, 0) is 4.79 Å². The van der Waals surface area contributed by atoms with Crippen LogP contribution in [0.15, 0.2) is 36.4 Å². The number of rotatable bonds is 2. The zero-order valence-electron chi connectivity index (χ0n) is 12.4. The van der Waals surface area contributed by atoms with Crippen LogP contribution in [0.4, 0.5) is 32.4 Å². The average molecular weight is 398 g/mol. The van der Waals surface area contributed by atoms with Crippen molar-refractivity contribution in [3.05, 3.63) is 53.1 Å². The van der Waals surface area contributed by atoms with Crippen molar-refractivity contribution in [3.8, 4) is 11.1 Å².